The molecule has 3 rings (SSSR count). The van der Waals surface area contributed by atoms with Crippen molar-refractivity contribution in [1.29, 1.82) is 0 Å². The molecule has 0 unspecified atom stereocenters. The van der Waals surface area contributed by atoms with Crippen molar-refractivity contribution in [3.63, 3.8) is 0 Å². The van der Waals surface area contributed by atoms with Crippen LogP contribution in [0.3, 0.4) is 0 Å². The Labute approximate surface area is 164 Å². The summed E-state index contributed by atoms with van der Waals surface area (Å²) in [5.74, 6) is -0.594. The second-order valence-electron chi connectivity index (χ2n) is 6.83. The normalized spacial score (nSPS) is 14.6. The summed E-state index contributed by atoms with van der Waals surface area (Å²) in [5, 5.41) is 2.76. The zero-order valence-electron chi connectivity index (χ0n) is 15.9. The number of methoxy groups -OCH3 is 1. The lowest BCUT2D eigenvalue weighted by Gasteiger charge is -2.17. The minimum Gasteiger partial charge on any atom is -0.467 e. The number of carbonyl (C=O) groups excluding carboxylic acids is 3. The number of ether oxygens (including phenoxy) is 1. The van der Waals surface area contributed by atoms with E-state index in [1.807, 2.05) is 54.6 Å². The van der Waals surface area contributed by atoms with Crippen molar-refractivity contribution in [3.05, 3.63) is 65.7 Å². The van der Waals surface area contributed by atoms with Gasteiger partial charge in [-0.2, -0.15) is 0 Å². The number of carbonyl (C=O) groups is 3. The largest absolute Gasteiger partial charge is 0.467 e. The Morgan fingerprint density at radius 2 is 1.79 bits per heavy atom. The Bertz CT molecular complexity index is 833. The summed E-state index contributed by atoms with van der Waals surface area (Å²) in [6.45, 7) is 0.735. The van der Waals surface area contributed by atoms with Crippen LogP contribution in [0.5, 0.6) is 0 Å². The smallest absolute Gasteiger partial charge is 0.328 e. The maximum Gasteiger partial charge on any atom is 0.328 e. The Hall–Kier alpha value is -3.15. The van der Waals surface area contributed by atoms with Crippen LogP contribution in [0.15, 0.2) is 54.6 Å². The summed E-state index contributed by atoms with van der Waals surface area (Å²) < 4.78 is 4.83. The molecule has 28 heavy (non-hydrogen) atoms. The summed E-state index contributed by atoms with van der Waals surface area (Å²) in [4.78, 5) is 38.1. The molecule has 0 radical (unpaired) electrons. The molecule has 0 spiro atoms. The van der Waals surface area contributed by atoms with E-state index in [2.05, 4.69) is 5.32 Å². The predicted octanol–water partition coefficient (Wildman–Crippen LogP) is 2.26. The quantitative estimate of drug-likeness (QED) is 0.748. The Kier molecular flexibility index (Phi) is 6.42. The molecule has 1 fully saturated rings. The van der Waals surface area contributed by atoms with Crippen molar-refractivity contribution in [3.8, 4) is 0 Å². The standard InChI is InChI=1S/C22H24N2O4/c1-28-22(27)19(14-16-6-3-2-4-7-16)23-20(25)15-17-9-11-18(12-10-17)24-13-5-8-21(24)26/h2-4,6-7,9-12,19H,5,8,13-15H2,1H3,(H,23,25)/t19-/m1/s1. The average Bonchev–Trinajstić information content (AvgIpc) is 3.14. The van der Waals surface area contributed by atoms with E-state index in [1.54, 1.807) is 4.90 Å². The van der Waals surface area contributed by atoms with Crippen molar-refractivity contribution in [2.75, 3.05) is 18.6 Å². The first-order chi connectivity index (χ1) is 13.6. The number of rotatable bonds is 7. The van der Waals surface area contributed by atoms with E-state index in [-0.39, 0.29) is 18.2 Å². The zero-order valence-corrected chi connectivity index (χ0v) is 15.9. The fraction of sp³-hybridized carbons (Fsp3) is 0.318. The number of benzene rings is 2. The first-order valence-electron chi connectivity index (χ1n) is 9.37. The van der Waals surface area contributed by atoms with Gasteiger partial charge in [-0.3, -0.25) is 9.59 Å². The van der Waals surface area contributed by atoms with Crippen LogP contribution in [-0.2, 0) is 32.0 Å². The van der Waals surface area contributed by atoms with Gasteiger partial charge < -0.3 is 15.0 Å². The molecule has 2 amide bonds. The highest BCUT2D eigenvalue weighted by Crippen LogP contribution is 2.21. The lowest BCUT2D eigenvalue weighted by atomic mass is 10.1. The minimum absolute atomic E-state index is 0.132. The van der Waals surface area contributed by atoms with Gasteiger partial charge >= 0.3 is 5.97 Å². The molecule has 0 aromatic heterocycles. The lowest BCUT2D eigenvalue weighted by molar-refractivity contribution is -0.145. The van der Waals surface area contributed by atoms with Crippen LogP contribution in [0.2, 0.25) is 0 Å². The third kappa shape index (κ3) is 4.97. The molecule has 0 bridgehead atoms. The molecule has 0 saturated carbocycles. The molecule has 0 aliphatic carbocycles. The second-order valence-corrected chi connectivity index (χ2v) is 6.83. The highest BCUT2D eigenvalue weighted by atomic mass is 16.5. The molecule has 1 aliphatic rings. The van der Waals surface area contributed by atoms with Crippen LogP contribution >= 0.6 is 0 Å². The minimum atomic E-state index is -0.735. The first kappa shape index (κ1) is 19.6. The van der Waals surface area contributed by atoms with Gasteiger partial charge in [0.2, 0.25) is 11.8 Å². The van der Waals surface area contributed by atoms with Crippen molar-refractivity contribution in [2.24, 2.45) is 0 Å². The van der Waals surface area contributed by atoms with Crippen molar-refractivity contribution in [1.82, 2.24) is 5.32 Å². The molecule has 1 aliphatic heterocycles. The lowest BCUT2D eigenvalue weighted by Crippen LogP contribution is -2.43. The van der Waals surface area contributed by atoms with Gasteiger partial charge in [-0.25, -0.2) is 4.79 Å². The van der Waals surface area contributed by atoms with E-state index < -0.39 is 12.0 Å². The highest BCUT2D eigenvalue weighted by Gasteiger charge is 2.23. The second kappa shape index (κ2) is 9.17. The number of anilines is 1. The molecule has 1 atom stereocenters. The van der Waals surface area contributed by atoms with Crippen LogP contribution < -0.4 is 10.2 Å². The van der Waals surface area contributed by atoms with Gasteiger partial charge in [0.1, 0.15) is 6.04 Å². The SMILES string of the molecule is COC(=O)[C@@H](Cc1ccccc1)NC(=O)Cc1ccc(N2CCCC2=O)cc1. The van der Waals surface area contributed by atoms with Crippen LogP contribution in [0.1, 0.15) is 24.0 Å². The van der Waals surface area contributed by atoms with Crippen LogP contribution in [0.4, 0.5) is 5.69 Å². The van der Waals surface area contributed by atoms with Gasteiger partial charge in [-0.15, -0.1) is 0 Å². The molecule has 6 nitrogen and oxygen atoms in total. The molecule has 1 heterocycles. The Balaban J connectivity index is 1.60. The summed E-state index contributed by atoms with van der Waals surface area (Å²) in [5.41, 5.74) is 2.61. The van der Waals surface area contributed by atoms with Crippen LogP contribution in [0, 0.1) is 0 Å². The number of hydrogen-bond donors (Lipinski definition) is 1. The first-order valence-corrected chi connectivity index (χ1v) is 9.37. The molecule has 1 N–H and O–H groups in total. The van der Waals surface area contributed by atoms with Crippen molar-refractivity contribution >= 4 is 23.5 Å². The van der Waals surface area contributed by atoms with E-state index >= 15 is 0 Å². The summed E-state index contributed by atoms with van der Waals surface area (Å²) in [7, 11) is 1.31. The van der Waals surface area contributed by atoms with Crippen molar-refractivity contribution in [2.45, 2.75) is 31.7 Å². The maximum absolute atomic E-state index is 12.4. The van der Waals surface area contributed by atoms with Gasteiger partial charge in [0.05, 0.1) is 13.5 Å². The van der Waals surface area contributed by atoms with E-state index in [9.17, 15) is 14.4 Å². The highest BCUT2D eigenvalue weighted by molar-refractivity contribution is 5.95. The molecule has 2 aromatic rings. The van der Waals surface area contributed by atoms with Gasteiger partial charge in [-0.05, 0) is 29.7 Å². The maximum atomic E-state index is 12.4. The molecular weight excluding hydrogens is 356 g/mol. The zero-order chi connectivity index (χ0) is 19.9. The van der Waals surface area contributed by atoms with E-state index in [0.717, 1.165) is 29.8 Å². The topological polar surface area (TPSA) is 75.7 Å². The number of esters is 1. The Morgan fingerprint density at radius 1 is 1.07 bits per heavy atom. The third-order valence-corrected chi connectivity index (χ3v) is 4.79. The summed E-state index contributed by atoms with van der Waals surface area (Å²) >= 11 is 0. The van der Waals surface area contributed by atoms with Gasteiger partial charge in [-0.1, -0.05) is 42.5 Å². The molecule has 2 aromatic carbocycles. The molecule has 146 valence electrons. The number of hydrogen-bond acceptors (Lipinski definition) is 4. The fourth-order valence-corrected chi connectivity index (χ4v) is 3.33. The monoisotopic (exact) mass is 380 g/mol. The molecular formula is C22H24N2O4. The van der Waals surface area contributed by atoms with Crippen molar-refractivity contribution < 1.29 is 19.1 Å². The fourth-order valence-electron chi connectivity index (χ4n) is 3.33. The average molecular weight is 380 g/mol. The summed E-state index contributed by atoms with van der Waals surface area (Å²) in [6, 6.07) is 16.1. The number of nitrogens with one attached hydrogen (secondary N) is 1. The van der Waals surface area contributed by atoms with E-state index in [1.165, 1.54) is 7.11 Å². The van der Waals surface area contributed by atoms with Gasteiger partial charge in [0, 0.05) is 25.1 Å². The van der Waals surface area contributed by atoms with Gasteiger partial charge in [0.15, 0.2) is 0 Å². The van der Waals surface area contributed by atoms with Gasteiger partial charge in [0.25, 0.3) is 0 Å². The molecule has 1 saturated heterocycles. The number of amides is 2. The molecule has 6 heteroatoms. The summed E-state index contributed by atoms with van der Waals surface area (Å²) in [6.07, 6.45) is 1.98. The third-order valence-electron chi connectivity index (χ3n) is 4.79. The van der Waals surface area contributed by atoms with Crippen LogP contribution in [-0.4, -0.2) is 37.5 Å². The van der Waals surface area contributed by atoms with E-state index in [0.29, 0.717) is 12.8 Å². The number of nitrogens with zero attached hydrogens (tertiary/aromatic N) is 1. The van der Waals surface area contributed by atoms with Crippen LogP contribution in [0.25, 0.3) is 0 Å². The van der Waals surface area contributed by atoms with E-state index in [4.69, 9.17) is 4.74 Å². The predicted molar refractivity (Wildman–Crippen MR) is 106 cm³/mol. The Morgan fingerprint density at radius 3 is 2.39 bits per heavy atom.